The van der Waals surface area contributed by atoms with Gasteiger partial charge < -0.3 is 13.9 Å². The van der Waals surface area contributed by atoms with Crippen molar-refractivity contribution < 1.29 is 4.42 Å². The maximum atomic E-state index is 6.69. The molecule has 7 aromatic carbocycles. The summed E-state index contributed by atoms with van der Waals surface area (Å²) in [6.07, 6.45) is 0. The molecular weight excluding hydrogens is 597 g/mol. The van der Waals surface area contributed by atoms with Crippen LogP contribution in [0.5, 0.6) is 0 Å². The van der Waals surface area contributed by atoms with Crippen molar-refractivity contribution in [3.8, 4) is 22.3 Å². The number of hydrogen-bond acceptors (Lipinski definition) is 2. The number of fused-ring (bicyclic) bond motifs is 10. The van der Waals surface area contributed by atoms with Crippen LogP contribution in [0.25, 0.3) is 66.0 Å². The summed E-state index contributed by atoms with van der Waals surface area (Å²) in [7, 11) is 2.18. The Morgan fingerprint density at radius 3 is 2.04 bits per heavy atom. The van der Waals surface area contributed by atoms with Crippen LogP contribution in [0.2, 0.25) is 0 Å². The number of benzene rings is 7. The van der Waals surface area contributed by atoms with Crippen molar-refractivity contribution in [3.05, 3.63) is 163 Å². The molecular formula is C46H34N2O. The highest BCUT2D eigenvalue weighted by molar-refractivity contribution is 6.27. The van der Waals surface area contributed by atoms with E-state index in [0.29, 0.717) is 0 Å². The Labute approximate surface area is 285 Å². The van der Waals surface area contributed by atoms with Crippen LogP contribution in [0.1, 0.15) is 25.0 Å². The third kappa shape index (κ3) is 3.96. The van der Waals surface area contributed by atoms with Gasteiger partial charge in [-0.05, 0) is 75.8 Å². The molecule has 0 spiro atoms. The molecule has 0 atom stereocenters. The Balaban J connectivity index is 1.29. The van der Waals surface area contributed by atoms with Crippen molar-refractivity contribution in [2.45, 2.75) is 19.3 Å². The predicted molar refractivity (Wildman–Crippen MR) is 205 cm³/mol. The fourth-order valence-corrected chi connectivity index (χ4v) is 8.39. The fraction of sp³-hybridized carbons (Fsp3) is 0.0870. The maximum absolute atomic E-state index is 6.69. The van der Waals surface area contributed by atoms with E-state index in [2.05, 4.69) is 182 Å². The number of hydrogen-bond donors (Lipinski definition) is 0. The summed E-state index contributed by atoms with van der Waals surface area (Å²) in [5, 5.41) is 4.57. The highest BCUT2D eigenvalue weighted by Crippen LogP contribution is 2.52. The first kappa shape index (κ1) is 28.0. The second kappa shape index (κ2) is 10.2. The van der Waals surface area contributed by atoms with E-state index in [1.807, 2.05) is 0 Å². The average molecular weight is 631 g/mol. The minimum atomic E-state index is -0.121. The van der Waals surface area contributed by atoms with E-state index in [1.54, 1.807) is 0 Å². The first-order valence-electron chi connectivity index (χ1n) is 17.0. The lowest BCUT2D eigenvalue weighted by Crippen LogP contribution is -2.17. The molecule has 0 saturated carbocycles. The smallest absolute Gasteiger partial charge is 0.145 e. The highest BCUT2D eigenvalue weighted by atomic mass is 16.3. The van der Waals surface area contributed by atoms with Gasteiger partial charge in [0.05, 0.1) is 16.6 Å². The molecule has 2 heterocycles. The van der Waals surface area contributed by atoms with Gasteiger partial charge in [-0.15, -0.1) is 0 Å². The standard InChI is InChI=1S/C46H34N2O/c1-46(2)38-18-10-7-15-33(38)34-26-25-32(27-39(34)46)48(31-23-21-30(22-24-31)29-13-5-4-6-14-29)41-28-37-35-16-9-12-20-42(35)49-45(37)43-36-17-8-11-19-40(36)47(3)44(41)43/h4-28H,1-3H3. The number of rotatable bonds is 4. The van der Waals surface area contributed by atoms with Gasteiger partial charge in [0.2, 0.25) is 0 Å². The van der Waals surface area contributed by atoms with E-state index in [-0.39, 0.29) is 5.41 Å². The third-order valence-corrected chi connectivity index (χ3v) is 10.8. The van der Waals surface area contributed by atoms with Crippen molar-refractivity contribution in [2.24, 2.45) is 7.05 Å². The summed E-state index contributed by atoms with van der Waals surface area (Å²) in [5.74, 6) is 0. The molecule has 0 saturated heterocycles. The number of aryl methyl sites for hydroxylation is 1. The monoisotopic (exact) mass is 630 g/mol. The molecule has 49 heavy (non-hydrogen) atoms. The topological polar surface area (TPSA) is 21.3 Å². The second-order valence-corrected chi connectivity index (χ2v) is 13.8. The van der Waals surface area contributed by atoms with Gasteiger partial charge in [0, 0.05) is 45.5 Å². The van der Waals surface area contributed by atoms with Crippen molar-refractivity contribution in [1.82, 2.24) is 4.57 Å². The molecule has 10 rings (SSSR count). The predicted octanol–water partition coefficient (Wildman–Crippen LogP) is 12.7. The number of aromatic nitrogens is 1. The zero-order valence-corrected chi connectivity index (χ0v) is 27.7. The molecule has 3 heteroatoms. The molecule has 1 aliphatic carbocycles. The molecule has 0 N–H and O–H groups in total. The third-order valence-electron chi connectivity index (χ3n) is 10.8. The molecule has 234 valence electrons. The van der Waals surface area contributed by atoms with Crippen LogP contribution in [-0.4, -0.2) is 4.57 Å². The van der Waals surface area contributed by atoms with Crippen LogP contribution in [-0.2, 0) is 12.5 Å². The van der Waals surface area contributed by atoms with E-state index < -0.39 is 0 Å². The summed E-state index contributed by atoms with van der Waals surface area (Å²) in [4.78, 5) is 2.45. The Kier molecular flexibility index (Phi) is 5.84. The van der Waals surface area contributed by atoms with Crippen LogP contribution < -0.4 is 4.90 Å². The molecule has 2 aromatic heterocycles. The van der Waals surface area contributed by atoms with Crippen LogP contribution in [0.4, 0.5) is 17.1 Å². The minimum Gasteiger partial charge on any atom is -0.455 e. The first-order chi connectivity index (χ1) is 24.0. The SMILES string of the molecule is Cn1c2ccccc2c2c3oc4ccccc4c3cc(N(c3ccc(-c4ccccc4)cc3)c3ccc4c(c3)C(C)(C)c3ccccc3-4)c21. The summed E-state index contributed by atoms with van der Waals surface area (Å²) in [6.45, 7) is 4.71. The lowest BCUT2D eigenvalue weighted by Gasteiger charge is -2.29. The Morgan fingerprint density at radius 2 is 1.20 bits per heavy atom. The summed E-state index contributed by atoms with van der Waals surface area (Å²) < 4.78 is 9.03. The maximum Gasteiger partial charge on any atom is 0.145 e. The van der Waals surface area contributed by atoms with E-state index >= 15 is 0 Å². The molecule has 0 aliphatic heterocycles. The largest absolute Gasteiger partial charge is 0.455 e. The molecule has 0 amide bonds. The quantitative estimate of drug-likeness (QED) is 0.193. The Morgan fingerprint density at radius 1 is 0.551 bits per heavy atom. The second-order valence-electron chi connectivity index (χ2n) is 13.8. The van der Waals surface area contributed by atoms with Crippen molar-refractivity contribution >= 4 is 60.8 Å². The van der Waals surface area contributed by atoms with Gasteiger partial charge in [0.15, 0.2) is 0 Å². The molecule has 1 aliphatic rings. The van der Waals surface area contributed by atoms with Crippen LogP contribution in [0.15, 0.2) is 156 Å². The molecule has 9 aromatic rings. The van der Waals surface area contributed by atoms with E-state index in [0.717, 1.165) is 49.9 Å². The number of anilines is 3. The summed E-state index contributed by atoms with van der Waals surface area (Å²) in [6, 6.07) is 55.0. The van der Waals surface area contributed by atoms with Gasteiger partial charge in [-0.25, -0.2) is 0 Å². The fourth-order valence-electron chi connectivity index (χ4n) is 8.39. The lowest BCUT2D eigenvalue weighted by atomic mass is 9.82. The molecule has 3 nitrogen and oxygen atoms in total. The zero-order chi connectivity index (χ0) is 32.9. The zero-order valence-electron chi connectivity index (χ0n) is 27.7. The van der Waals surface area contributed by atoms with Gasteiger partial charge in [0.25, 0.3) is 0 Å². The van der Waals surface area contributed by atoms with E-state index in [9.17, 15) is 0 Å². The van der Waals surface area contributed by atoms with Gasteiger partial charge in [-0.2, -0.15) is 0 Å². The van der Waals surface area contributed by atoms with Crippen molar-refractivity contribution in [1.29, 1.82) is 0 Å². The van der Waals surface area contributed by atoms with Crippen molar-refractivity contribution in [2.75, 3.05) is 4.90 Å². The Bertz CT molecular complexity index is 2750. The molecule has 0 unspecified atom stereocenters. The Hall–Kier alpha value is -6.06. The molecule has 0 radical (unpaired) electrons. The molecule has 0 fully saturated rings. The highest BCUT2D eigenvalue weighted by Gasteiger charge is 2.36. The normalized spacial score (nSPS) is 13.4. The number of nitrogens with zero attached hydrogens (tertiary/aromatic N) is 2. The van der Waals surface area contributed by atoms with Crippen molar-refractivity contribution in [3.63, 3.8) is 0 Å². The summed E-state index contributed by atoms with van der Waals surface area (Å²) >= 11 is 0. The van der Waals surface area contributed by atoms with E-state index in [1.165, 1.54) is 44.3 Å². The van der Waals surface area contributed by atoms with Crippen LogP contribution in [0.3, 0.4) is 0 Å². The average Bonchev–Trinajstić information content (AvgIpc) is 3.75. The minimum absolute atomic E-state index is 0.121. The summed E-state index contributed by atoms with van der Waals surface area (Å²) in [5.41, 5.74) is 15.2. The number of para-hydroxylation sites is 2. The van der Waals surface area contributed by atoms with Crippen LogP contribution in [0, 0.1) is 0 Å². The molecule has 0 bridgehead atoms. The van der Waals surface area contributed by atoms with Gasteiger partial charge >= 0.3 is 0 Å². The van der Waals surface area contributed by atoms with Crippen LogP contribution >= 0.6 is 0 Å². The first-order valence-corrected chi connectivity index (χ1v) is 17.0. The van der Waals surface area contributed by atoms with Gasteiger partial charge in [0.1, 0.15) is 11.2 Å². The lowest BCUT2D eigenvalue weighted by molar-refractivity contribution is 0.660. The number of furan rings is 1. The van der Waals surface area contributed by atoms with Gasteiger partial charge in [-0.1, -0.05) is 123 Å². The van der Waals surface area contributed by atoms with E-state index in [4.69, 9.17) is 4.42 Å². The van der Waals surface area contributed by atoms with Gasteiger partial charge in [-0.3, -0.25) is 0 Å².